The molecule has 2 aromatic rings. The van der Waals surface area contributed by atoms with Crippen molar-refractivity contribution in [1.82, 2.24) is 24.6 Å². The number of likely N-dealkylation sites (tertiary alicyclic amines) is 1. The Kier molecular flexibility index (Phi) is 4.02. The van der Waals surface area contributed by atoms with E-state index < -0.39 is 0 Å². The van der Waals surface area contributed by atoms with E-state index in [0.29, 0.717) is 18.1 Å². The van der Waals surface area contributed by atoms with Crippen LogP contribution in [0.2, 0.25) is 0 Å². The molecule has 0 saturated carbocycles. The summed E-state index contributed by atoms with van der Waals surface area (Å²) in [6, 6.07) is -0.0331. The Morgan fingerprint density at radius 1 is 1.30 bits per heavy atom. The smallest absolute Gasteiger partial charge is 0.274 e. The number of methoxy groups -OCH3 is 1. The topological polar surface area (TPSA) is 73.1 Å². The highest BCUT2D eigenvalue weighted by Crippen LogP contribution is 2.39. The highest BCUT2D eigenvalue weighted by Gasteiger charge is 2.35. The van der Waals surface area contributed by atoms with Gasteiger partial charge in [-0.2, -0.15) is 5.10 Å². The van der Waals surface area contributed by atoms with Gasteiger partial charge in [-0.25, -0.2) is 9.67 Å². The summed E-state index contributed by atoms with van der Waals surface area (Å²) in [5, 5.41) is 4.43. The molecule has 3 rings (SSSR count). The van der Waals surface area contributed by atoms with E-state index in [0.717, 1.165) is 29.8 Å². The Labute approximate surface area is 135 Å². The first-order valence-corrected chi connectivity index (χ1v) is 7.70. The molecule has 2 aromatic heterocycles. The minimum absolute atomic E-state index is 0.0331. The van der Waals surface area contributed by atoms with Gasteiger partial charge in [0.2, 0.25) is 5.88 Å². The van der Waals surface area contributed by atoms with Crippen LogP contribution in [0.25, 0.3) is 0 Å². The zero-order valence-corrected chi connectivity index (χ0v) is 13.9. The van der Waals surface area contributed by atoms with Crippen LogP contribution in [-0.2, 0) is 7.05 Å². The second-order valence-corrected chi connectivity index (χ2v) is 5.83. The Morgan fingerprint density at radius 3 is 2.74 bits per heavy atom. The van der Waals surface area contributed by atoms with Crippen LogP contribution in [0.4, 0.5) is 0 Å². The number of carbonyl (C=O) groups is 1. The van der Waals surface area contributed by atoms with E-state index in [1.54, 1.807) is 24.2 Å². The van der Waals surface area contributed by atoms with Crippen LogP contribution in [-0.4, -0.2) is 44.2 Å². The van der Waals surface area contributed by atoms with Gasteiger partial charge in [0.25, 0.3) is 5.91 Å². The Bertz CT molecular complexity index is 723. The number of nitrogens with zero attached hydrogens (tertiary/aromatic N) is 5. The number of aromatic nitrogens is 4. The van der Waals surface area contributed by atoms with Crippen molar-refractivity contribution in [2.75, 3.05) is 13.7 Å². The van der Waals surface area contributed by atoms with Crippen LogP contribution in [0.1, 0.15) is 46.3 Å². The maximum atomic E-state index is 12.8. The molecule has 7 nitrogen and oxygen atoms in total. The molecule has 0 bridgehead atoms. The van der Waals surface area contributed by atoms with Crippen LogP contribution >= 0.6 is 0 Å². The van der Waals surface area contributed by atoms with Crippen LogP contribution in [0.15, 0.2) is 12.4 Å². The van der Waals surface area contributed by atoms with Crippen molar-refractivity contribution in [1.29, 1.82) is 0 Å². The summed E-state index contributed by atoms with van der Waals surface area (Å²) >= 11 is 0. The molecule has 0 unspecified atom stereocenters. The number of hydrogen-bond acceptors (Lipinski definition) is 5. The van der Waals surface area contributed by atoms with E-state index in [9.17, 15) is 4.79 Å². The molecule has 7 heteroatoms. The van der Waals surface area contributed by atoms with Gasteiger partial charge in [-0.3, -0.25) is 9.78 Å². The number of aryl methyl sites for hydroxylation is 3. The lowest BCUT2D eigenvalue weighted by atomic mass is 10.0. The van der Waals surface area contributed by atoms with Crippen molar-refractivity contribution in [3.05, 3.63) is 35.0 Å². The van der Waals surface area contributed by atoms with E-state index in [2.05, 4.69) is 15.1 Å². The zero-order valence-electron chi connectivity index (χ0n) is 13.9. The molecule has 23 heavy (non-hydrogen) atoms. The highest BCUT2D eigenvalue weighted by molar-refractivity contribution is 5.92. The largest absolute Gasteiger partial charge is 0.481 e. The van der Waals surface area contributed by atoms with E-state index >= 15 is 0 Å². The molecule has 1 aliphatic rings. The fraction of sp³-hybridized carbons (Fsp3) is 0.500. The quantitative estimate of drug-likeness (QED) is 0.863. The van der Waals surface area contributed by atoms with Gasteiger partial charge in [-0.15, -0.1) is 0 Å². The Morgan fingerprint density at radius 2 is 2.09 bits per heavy atom. The number of carbonyl (C=O) groups excluding carboxylic acids is 1. The average Bonchev–Trinajstić information content (AvgIpc) is 3.10. The van der Waals surface area contributed by atoms with Crippen molar-refractivity contribution < 1.29 is 9.53 Å². The van der Waals surface area contributed by atoms with Crippen molar-refractivity contribution in [2.24, 2.45) is 7.05 Å². The molecule has 0 radical (unpaired) electrons. The lowest BCUT2D eigenvalue weighted by Crippen LogP contribution is -2.31. The third-order valence-electron chi connectivity index (χ3n) is 4.25. The monoisotopic (exact) mass is 315 g/mol. The number of hydrogen-bond donors (Lipinski definition) is 0. The predicted molar refractivity (Wildman–Crippen MR) is 84.3 cm³/mol. The first-order valence-electron chi connectivity index (χ1n) is 7.70. The maximum absolute atomic E-state index is 12.8. The summed E-state index contributed by atoms with van der Waals surface area (Å²) in [5.41, 5.74) is 3.05. The molecular weight excluding hydrogens is 294 g/mol. The van der Waals surface area contributed by atoms with E-state index in [1.807, 2.05) is 25.8 Å². The summed E-state index contributed by atoms with van der Waals surface area (Å²) in [5.74, 6) is 0.618. The molecule has 1 amide bonds. The summed E-state index contributed by atoms with van der Waals surface area (Å²) in [7, 11) is 3.48. The molecule has 1 fully saturated rings. The van der Waals surface area contributed by atoms with Gasteiger partial charge in [0.05, 0.1) is 36.3 Å². The molecule has 1 atom stereocenters. The van der Waals surface area contributed by atoms with Gasteiger partial charge in [-0.1, -0.05) is 0 Å². The Hall–Kier alpha value is -2.44. The van der Waals surface area contributed by atoms with Crippen LogP contribution in [0, 0.1) is 13.8 Å². The molecule has 122 valence electrons. The summed E-state index contributed by atoms with van der Waals surface area (Å²) in [6.07, 6.45) is 5.01. The second-order valence-electron chi connectivity index (χ2n) is 5.83. The molecule has 0 aromatic carbocycles. The normalized spacial score (nSPS) is 17.6. The van der Waals surface area contributed by atoms with Crippen LogP contribution in [0.5, 0.6) is 5.88 Å². The zero-order chi connectivity index (χ0) is 16.6. The van der Waals surface area contributed by atoms with Crippen molar-refractivity contribution in [3.63, 3.8) is 0 Å². The van der Waals surface area contributed by atoms with E-state index in [1.165, 1.54) is 0 Å². The second kappa shape index (κ2) is 5.98. The third kappa shape index (κ3) is 2.67. The van der Waals surface area contributed by atoms with Gasteiger partial charge >= 0.3 is 0 Å². The van der Waals surface area contributed by atoms with Crippen molar-refractivity contribution in [2.45, 2.75) is 32.7 Å². The first kappa shape index (κ1) is 15.5. The van der Waals surface area contributed by atoms with Crippen molar-refractivity contribution >= 4 is 5.91 Å². The number of ether oxygens (including phenoxy) is 1. The fourth-order valence-electron chi connectivity index (χ4n) is 3.24. The first-order chi connectivity index (χ1) is 11.0. The van der Waals surface area contributed by atoms with E-state index in [4.69, 9.17) is 4.74 Å². The van der Waals surface area contributed by atoms with Crippen molar-refractivity contribution in [3.8, 4) is 5.88 Å². The standard InChI is InChI=1S/C16H21N5O2/c1-10-8-18-12(9-17-10)15(22)21-7-5-6-13(21)14-11(2)19-20(3)16(14)23-4/h8-9,13H,5-7H2,1-4H3/t13-/m1/s1. The van der Waals surface area contributed by atoms with Crippen LogP contribution < -0.4 is 4.74 Å². The van der Waals surface area contributed by atoms with E-state index in [-0.39, 0.29) is 11.9 Å². The lowest BCUT2D eigenvalue weighted by Gasteiger charge is -2.24. The Balaban J connectivity index is 1.94. The molecule has 1 saturated heterocycles. The van der Waals surface area contributed by atoms with Gasteiger partial charge in [0.15, 0.2) is 0 Å². The highest BCUT2D eigenvalue weighted by atomic mass is 16.5. The lowest BCUT2D eigenvalue weighted by molar-refractivity contribution is 0.0727. The molecule has 0 aliphatic carbocycles. The SMILES string of the molecule is COc1c([C@H]2CCCN2C(=O)c2cnc(C)cn2)c(C)nn1C. The summed E-state index contributed by atoms with van der Waals surface area (Å²) in [6.45, 7) is 4.50. The molecule has 1 aliphatic heterocycles. The van der Waals surface area contributed by atoms with Gasteiger partial charge in [0, 0.05) is 19.8 Å². The minimum Gasteiger partial charge on any atom is -0.481 e. The number of amides is 1. The molecule has 3 heterocycles. The van der Waals surface area contributed by atoms with Gasteiger partial charge in [-0.05, 0) is 26.7 Å². The molecular formula is C16H21N5O2. The summed E-state index contributed by atoms with van der Waals surface area (Å²) < 4.78 is 7.21. The molecule has 0 spiro atoms. The minimum atomic E-state index is -0.0923. The average molecular weight is 315 g/mol. The predicted octanol–water partition coefficient (Wildman–Crippen LogP) is 1.81. The van der Waals surface area contributed by atoms with Gasteiger partial charge in [0.1, 0.15) is 5.69 Å². The fourth-order valence-corrected chi connectivity index (χ4v) is 3.24. The van der Waals surface area contributed by atoms with Crippen LogP contribution in [0.3, 0.4) is 0 Å². The molecule has 0 N–H and O–H groups in total. The number of rotatable bonds is 3. The van der Waals surface area contributed by atoms with Gasteiger partial charge < -0.3 is 9.64 Å². The maximum Gasteiger partial charge on any atom is 0.274 e. The third-order valence-corrected chi connectivity index (χ3v) is 4.25. The summed E-state index contributed by atoms with van der Waals surface area (Å²) in [4.78, 5) is 23.1.